The van der Waals surface area contributed by atoms with Gasteiger partial charge in [-0.3, -0.25) is 19.3 Å². The molecule has 8 heteroatoms. The van der Waals surface area contributed by atoms with Crippen molar-refractivity contribution in [3.05, 3.63) is 59.0 Å². The minimum absolute atomic E-state index is 0.146. The lowest BCUT2D eigenvalue weighted by molar-refractivity contribution is -0.146. The van der Waals surface area contributed by atoms with Gasteiger partial charge < -0.3 is 4.42 Å². The van der Waals surface area contributed by atoms with E-state index in [9.17, 15) is 14.4 Å². The van der Waals surface area contributed by atoms with Gasteiger partial charge in [-0.1, -0.05) is 23.7 Å². The highest BCUT2D eigenvalue weighted by Crippen LogP contribution is 2.33. The van der Waals surface area contributed by atoms with Crippen molar-refractivity contribution >= 4 is 35.0 Å². The number of hydrogen-bond donors (Lipinski definition) is 0. The number of nitrogens with zero attached hydrogens (tertiary/aromatic N) is 3. The summed E-state index contributed by atoms with van der Waals surface area (Å²) in [5, 5.41) is 6.38. The molecule has 0 saturated carbocycles. The van der Waals surface area contributed by atoms with E-state index in [1.54, 1.807) is 24.3 Å². The maximum atomic E-state index is 12.8. The fourth-order valence-corrected chi connectivity index (χ4v) is 3.39. The van der Waals surface area contributed by atoms with Crippen molar-refractivity contribution in [1.82, 2.24) is 9.91 Å². The summed E-state index contributed by atoms with van der Waals surface area (Å²) in [4.78, 5) is 37.5. The first-order chi connectivity index (χ1) is 13.0. The quantitative estimate of drug-likeness (QED) is 0.757. The number of carbonyl (C=O) groups excluding carboxylic acids is 3. The van der Waals surface area contributed by atoms with Crippen LogP contribution in [0.5, 0.6) is 0 Å². The third-order valence-corrected chi connectivity index (χ3v) is 4.92. The van der Waals surface area contributed by atoms with Gasteiger partial charge in [0.2, 0.25) is 11.8 Å². The van der Waals surface area contributed by atoms with Crippen molar-refractivity contribution in [2.24, 2.45) is 5.10 Å². The van der Waals surface area contributed by atoms with Crippen molar-refractivity contribution in [2.75, 3.05) is 6.54 Å². The lowest BCUT2D eigenvalue weighted by atomic mass is 10.0. The summed E-state index contributed by atoms with van der Waals surface area (Å²) < 4.78 is 5.48. The summed E-state index contributed by atoms with van der Waals surface area (Å²) in [6.45, 7) is -0.313. The zero-order chi connectivity index (χ0) is 19.0. The summed E-state index contributed by atoms with van der Waals surface area (Å²) in [6, 6.07) is 10.3. The Hall–Kier alpha value is -2.93. The number of imide groups is 1. The zero-order valence-corrected chi connectivity index (χ0v) is 15.1. The molecule has 0 aliphatic carbocycles. The normalized spacial score (nSPS) is 19.7. The number of amides is 3. The molecule has 0 spiro atoms. The maximum absolute atomic E-state index is 12.8. The summed E-state index contributed by atoms with van der Waals surface area (Å²) in [5.41, 5.74) is 1.56. The highest BCUT2D eigenvalue weighted by Gasteiger charge is 2.38. The molecule has 0 bridgehead atoms. The van der Waals surface area contributed by atoms with Crippen LogP contribution in [-0.4, -0.2) is 39.9 Å². The predicted molar refractivity (Wildman–Crippen MR) is 96.9 cm³/mol. The molecule has 3 amide bonds. The highest BCUT2D eigenvalue weighted by atomic mass is 35.5. The van der Waals surface area contributed by atoms with Crippen LogP contribution in [0.25, 0.3) is 0 Å². The number of hydrogen-bond acceptors (Lipinski definition) is 5. The first-order valence-corrected chi connectivity index (χ1v) is 8.93. The maximum Gasteiger partial charge on any atom is 0.263 e. The van der Waals surface area contributed by atoms with Crippen LogP contribution >= 0.6 is 11.6 Å². The van der Waals surface area contributed by atoms with Crippen LogP contribution < -0.4 is 0 Å². The Kier molecular flexibility index (Phi) is 4.53. The lowest BCUT2D eigenvalue weighted by Crippen LogP contribution is -2.40. The number of furan rings is 1. The average Bonchev–Trinajstić information content (AvgIpc) is 3.38. The van der Waals surface area contributed by atoms with Crippen molar-refractivity contribution in [3.8, 4) is 0 Å². The van der Waals surface area contributed by atoms with Gasteiger partial charge in [0.1, 0.15) is 18.3 Å². The fourth-order valence-electron chi connectivity index (χ4n) is 3.27. The second-order valence-electron chi connectivity index (χ2n) is 6.40. The molecule has 1 fully saturated rings. The third kappa shape index (κ3) is 3.38. The van der Waals surface area contributed by atoms with Crippen molar-refractivity contribution < 1.29 is 18.8 Å². The van der Waals surface area contributed by atoms with Gasteiger partial charge in [-0.25, -0.2) is 5.01 Å². The van der Waals surface area contributed by atoms with E-state index >= 15 is 0 Å². The molecule has 1 aromatic heterocycles. The minimum Gasteiger partial charge on any atom is -0.467 e. The largest absolute Gasteiger partial charge is 0.467 e. The molecule has 2 aliphatic heterocycles. The second kappa shape index (κ2) is 7.00. The Morgan fingerprint density at radius 2 is 1.85 bits per heavy atom. The molecule has 0 radical (unpaired) electrons. The van der Waals surface area contributed by atoms with Gasteiger partial charge in [-0.2, -0.15) is 5.10 Å². The molecule has 2 aromatic rings. The number of carbonyl (C=O) groups is 3. The van der Waals surface area contributed by atoms with Crippen LogP contribution in [0.3, 0.4) is 0 Å². The standard InChI is InChI=1S/C19H16ClN3O4/c20-13-5-3-12(4-6-13)14-10-15(16-2-1-9-27-16)23(21-14)19(26)11-22-17(24)7-8-18(22)25/h1-6,9,15H,7-8,10-11H2. The smallest absolute Gasteiger partial charge is 0.263 e. The van der Waals surface area contributed by atoms with Crippen LogP contribution in [-0.2, 0) is 14.4 Å². The van der Waals surface area contributed by atoms with Gasteiger partial charge in [0, 0.05) is 24.3 Å². The molecule has 2 aliphatic rings. The zero-order valence-electron chi connectivity index (χ0n) is 14.3. The summed E-state index contributed by atoms with van der Waals surface area (Å²) in [7, 11) is 0. The third-order valence-electron chi connectivity index (χ3n) is 4.66. The monoisotopic (exact) mass is 385 g/mol. The topological polar surface area (TPSA) is 83.2 Å². The first kappa shape index (κ1) is 17.5. The van der Waals surface area contributed by atoms with Crippen molar-refractivity contribution in [3.63, 3.8) is 0 Å². The van der Waals surface area contributed by atoms with Gasteiger partial charge in [-0.15, -0.1) is 0 Å². The molecule has 3 heterocycles. The highest BCUT2D eigenvalue weighted by molar-refractivity contribution is 6.30. The Morgan fingerprint density at radius 3 is 2.48 bits per heavy atom. The van der Waals surface area contributed by atoms with E-state index in [2.05, 4.69) is 5.10 Å². The average molecular weight is 386 g/mol. The van der Waals surface area contributed by atoms with Gasteiger partial charge in [0.25, 0.3) is 5.91 Å². The van der Waals surface area contributed by atoms with Crippen molar-refractivity contribution in [2.45, 2.75) is 25.3 Å². The molecule has 0 N–H and O–H groups in total. The van der Waals surface area contributed by atoms with E-state index in [1.165, 1.54) is 11.3 Å². The second-order valence-corrected chi connectivity index (χ2v) is 6.84. The fraction of sp³-hybridized carbons (Fsp3) is 0.263. The number of likely N-dealkylation sites (tertiary alicyclic amines) is 1. The molecule has 1 unspecified atom stereocenters. The number of halogens is 1. The van der Waals surface area contributed by atoms with Crippen LogP contribution in [0.15, 0.2) is 52.2 Å². The van der Waals surface area contributed by atoms with Gasteiger partial charge in [0.05, 0.1) is 12.0 Å². The molecular formula is C19H16ClN3O4. The Bertz CT molecular complexity index is 905. The number of hydrazone groups is 1. The summed E-state index contributed by atoms with van der Waals surface area (Å²) in [5.74, 6) is -0.493. The molecule has 27 heavy (non-hydrogen) atoms. The van der Waals surface area contributed by atoms with Gasteiger partial charge in [-0.05, 0) is 29.8 Å². The van der Waals surface area contributed by atoms with Crippen LogP contribution in [0.2, 0.25) is 5.02 Å². The van der Waals surface area contributed by atoms with Crippen molar-refractivity contribution in [1.29, 1.82) is 0 Å². The van der Waals surface area contributed by atoms with Crippen LogP contribution in [0.1, 0.15) is 36.6 Å². The SMILES string of the molecule is O=C1CCC(=O)N1CC(=O)N1N=C(c2ccc(Cl)cc2)CC1c1ccco1. The molecule has 138 valence electrons. The van der Waals surface area contributed by atoms with Gasteiger partial charge in [0.15, 0.2) is 0 Å². The number of benzene rings is 1. The molecule has 1 atom stereocenters. The predicted octanol–water partition coefficient (Wildman–Crippen LogP) is 2.76. The Morgan fingerprint density at radius 1 is 1.15 bits per heavy atom. The Labute approximate surface area is 160 Å². The van der Waals surface area contributed by atoms with E-state index in [1.807, 2.05) is 12.1 Å². The molecule has 4 rings (SSSR count). The molecule has 1 saturated heterocycles. The van der Waals surface area contributed by atoms with Crippen LogP contribution in [0.4, 0.5) is 0 Å². The molecule has 7 nitrogen and oxygen atoms in total. The lowest BCUT2D eigenvalue weighted by Gasteiger charge is -2.22. The molecule has 1 aromatic carbocycles. The van der Waals surface area contributed by atoms with E-state index in [0.29, 0.717) is 22.9 Å². The van der Waals surface area contributed by atoms with E-state index in [4.69, 9.17) is 16.0 Å². The Balaban J connectivity index is 1.61. The van der Waals surface area contributed by atoms with E-state index < -0.39 is 11.9 Å². The van der Waals surface area contributed by atoms with E-state index in [0.717, 1.165) is 10.5 Å². The summed E-state index contributed by atoms with van der Waals surface area (Å²) >= 11 is 5.94. The number of rotatable bonds is 4. The minimum atomic E-state index is -0.427. The molecular weight excluding hydrogens is 370 g/mol. The van der Waals surface area contributed by atoms with Crippen LogP contribution in [0, 0.1) is 0 Å². The van der Waals surface area contributed by atoms with Gasteiger partial charge >= 0.3 is 0 Å². The van der Waals surface area contributed by atoms with E-state index in [-0.39, 0.29) is 31.2 Å². The summed E-state index contributed by atoms with van der Waals surface area (Å²) in [6.07, 6.45) is 2.29. The first-order valence-electron chi connectivity index (χ1n) is 8.55.